The number of aliphatic hydroxyl groups is 1. The zero-order chi connectivity index (χ0) is 11.4. The Labute approximate surface area is 87.9 Å². The number of hydrogen-bond acceptors (Lipinski definition) is 3. The van der Waals surface area contributed by atoms with Crippen molar-refractivity contribution in [2.45, 2.75) is 20.0 Å². The molecule has 82 valence electrons. The van der Waals surface area contributed by atoms with Crippen LogP contribution in [0.5, 0.6) is 0 Å². The summed E-state index contributed by atoms with van der Waals surface area (Å²) in [5.74, 6) is -0.876. The fourth-order valence-electron chi connectivity index (χ4n) is 1.29. The van der Waals surface area contributed by atoms with Crippen LogP contribution in [0.3, 0.4) is 0 Å². The summed E-state index contributed by atoms with van der Waals surface area (Å²) in [6.07, 6.45) is -0.548. The number of anilines is 1. The van der Waals surface area contributed by atoms with E-state index in [0.29, 0.717) is 5.69 Å². The van der Waals surface area contributed by atoms with Crippen molar-refractivity contribution in [2.75, 3.05) is 11.9 Å². The summed E-state index contributed by atoms with van der Waals surface area (Å²) in [6, 6.07) is 4.37. The van der Waals surface area contributed by atoms with Crippen molar-refractivity contribution < 1.29 is 14.3 Å². The lowest BCUT2D eigenvalue weighted by Gasteiger charge is -2.12. The average Bonchev–Trinajstić information content (AvgIpc) is 2.13. The average molecular weight is 211 g/mol. The summed E-state index contributed by atoms with van der Waals surface area (Å²) >= 11 is 0. The number of ketones is 1. The topological polar surface area (TPSA) is 49.3 Å². The molecular weight excluding hydrogens is 197 g/mol. The Kier molecular flexibility index (Phi) is 3.80. The second-order valence-electron chi connectivity index (χ2n) is 3.45. The Morgan fingerprint density at radius 1 is 1.60 bits per heavy atom. The van der Waals surface area contributed by atoms with Crippen LogP contribution in [-0.4, -0.2) is 23.5 Å². The third-order valence-corrected chi connectivity index (χ3v) is 1.95. The molecule has 0 bridgehead atoms. The fraction of sp³-hybridized carbons (Fsp3) is 0.364. The number of hydrogen-bond donors (Lipinski definition) is 2. The van der Waals surface area contributed by atoms with Gasteiger partial charge >= 0.3 is 0 Å². The smallest absolute Gasteiger partial charge is 0.164 e. The quantitative estimate of drug-likeness (QED) is 0.747. The second-order valence-corrected chi connectivity index (χ2v) is 3.45. The molecule has 0 fully saturated rings. The van der Waals surface area contributed by atoms with E-state index in [4.69, 9.17) is 5.11 Å². The summed E-state index contributed by atoms with van der Waals surface area (Å²) in [6.45, 7) is 3.20. The van der Waals surface area contributed by atoms with Crippen molar-refractivity contribution in [3.63, 3.8) is 0 Å². The van der Waals surface area contributed by atoms with Crippen molar-refractivity contribution in [1.82, 2.24) is 0 Å². The van der Waals surface area contributed by atoms with Crippen molar-refractivity contribution in [3.05, 3.63) is 29.6 Å². The normalized spacial score (nSPS) is 12.3. The first-order valence-electron chi connectivity index (χ1n) is 4.73. The van der Waals surface area contributed by atoms with Crippen LogP contribution in [-0.2, 0) is 0 Å². The van der Waals surface area contributed by atoms with Crippen LogP contribution in [0.2, 0.25) is 0 Å². The van der Waals surface area contributed by atoms with Gasteiger partial charge in [-0.3, -0.25) is 4.79 Å². The summed E-state index contributed by atoms with van der Waals surface area (Å²) in [5.41, 5.74) is 0.460. The van der Waals surface area contributed by atoms with Crippen LogP contribution in [0.25, 0.3) is 0 Å². The molecule has 3 nitrogen and oxygen atoms in total. The zero-order valence-electron chi connectivity index (χ0n) is 8.75. The molecule has 15 heavy (non-hydrogen) atoms. The molecule has 1 aromatic rings. The van der Waals surface area contributed by atoms with Gasteiger partial charge in [-0.15, -0.1) is 0 Å². The van der Waals surface area contributed by atoms with Gasteiger partial charge < -0.3 is 10.4 Å². The monoisotopic (exact) mass is 211 g/mol. The molecule has 1 rings (SSSR count). The molecule has 1 atom stereocenters. The Morgan fingerprint density at radius 3 is 2.80 bits per heavy atom. The van der Waals surface area contributed by atoms with Crippen LogP contribution in [0.4, 0.5) is 10.1 Å². The number of Topliss-reactive ketones (excluding diaryl/α,β-unsaturated/α-hetero) is 1. The van der Waals surface area contributed by atoms with Gasteiger partial charge in [0.05, 0.1) is 11.7 Å². The van der Waals surface area contributed by atoms with Crippen molar-refractivity contribution in [1.29, 1.82) is 0 Å². The molecule has 0 amide bonds. The Hall–Kier alpha value is -1.42. The number of nitrogens with one attached hydrogen (secondary N) is 1. The van der Waals surface area contributed by atoms with Gasteiger partial charge in [0.1, 0.15) is 5.82 Å². The highest BCUT2D eigenvalue weighted by atomic mass is 19.1. The fourth-order valence-corrected chi connectivity index (χ4v) is 1.29. The highest BCUT2D eigenvalue weighted by molar-refractivity contribution is 5.99. The van der Waals surface area contributed by atoms with Gasteiger partial charge in [-0.2, -0.15) is 0 Å². The summed E-state index contributed by atoms with van der Waals surface area (Å²) < 4.78 is 13.3. The SMILES string of the molecule is CC(=O)c1c(F)cccc1NC[C@@H](C)O. The predicted octanol–water partition coefficient (Wildman–Crippen LogP) is 1.82. The Balaban J connectivity index is 2.96. The number of carbonyl (C=O) groups excluding carboxylic acids is 1. The van der Waals surface area contributed by atoms with Gasteiger partial charge in [-0.05, 0) is 26.0 Å². The Bertz CT molecular complexity index is 364. The van der Waals surface area contributed by atoms with Crippen LogP contribution < -0.4 is 5.32 Å². The van der Waals surface area contributed by atoms with E-state index in [0.717, 1.165) is 0 Å². The molecule has 0 unspecified atom stereocenters. The van der Waals surface area contributed by atoms with Gasteiger partial charge in [0.15, 0.2) is 5.78 Å². The molecule has 0 aliphatic rings. The minimum atomic E-state index is -0.548. The number of rotatable bonds is 4. The molecular formula is C11H14FNO2. The molecule has 0 aromatic heterocycles. The van der Waals surface area contributed by atoms with E-state index in [2.05, 4.69) is 5.32 Å². The number of carbonyl (C=O) groups is 1. The minimum Gasteiger partial charge on any atom is -0.392 e. The molecule has 2 N–H and O–H groups in total. The van der Waals surface area contributed by atoms with Crippen molar-refractivity contribution in [2.24, 2.45) is 0 Å². The second kappa shape index (κ2) is 4.89. The lowest BCUT2D eigenvalue weighted by atomic mass is 10.1. The van der Waals surface area contributed by atoms with Crippen LogP contribution in [0.1, 0.15) is 24.2 Å². The first-order chi connectivity index (χ1) is 7.02. The van der Waals surface area contributed by atoms with E-state index >= 15 is 0 Å². The molecule has 0 saturated heterocycles. The molecule has 0 spiro atoms. The molecule has 0 saturated carbocycles. The minimum absolute atomic E-state index is 0.0400. The predicted molar refractivity (Wildman–Crippen MR) is 56.6 cm³/mol. The third-order valence-electron chi connectivity index (χ3n) is 1.95. The Morgan fingerprint density at radius 2 is 2.27 bits per heavy atom. The maximum absolute atomic E-state index is 13.3. The number of halogens is 1. The maximum atomic E-state index is 13.3. The van der Waals surface area contributed by atoms with E-state index in [9.17, 15) is 9.18 Å². The molecule has 0 aliphatic heterocycles. The number of aliphatic hydroxyl groups excluding tert-OH is 1. The molecule has 4 heteroatoms. The highest BCUT2D eigenvalue weighted by Gasteiger charge is 2.12. The van der Waals surface area contributed by atoms with Crippen LogP contribution >= 0.6 is 0 Å². The largest absolute Gasteiger partial charge is 0.392 e. The van der Waals surface area contributed by atoms with E-state index in [-0.39, 0.29) is 17.9 Å². The standard InChI is InChI=1S/C11H14FNO2/c1-7(14)6-13-10-5-3-4-9(12)11(10)8(2)15/h3-5,7,13-14H,6H2,1-2H3/t7-/m1/s1. The van der Waals surface area contributed by atoms with Crippen LogP contribution in [0.15, 0.2) is 18.2 Å². The van der Waals surface area contributed by atoms with Gasteiger partial charge in [0.2, 0.25) is 0 Å². The summed E-state index contributed by atoms with van der Waals surface area (Å²) in [7, 11) is 0. The molecule has 0 heterocycles. The van der Waals surface area contributed by atoms with E-state index in [1.165, 1.54) is 19.1 Å². The number of benzene rings is 1. The van der Waals surface area contributed by atoms with Gasteiger partial charge in [0.25, 0.3) is 0 Å². The first-order valence-corrected chi connectivity index (χ1v) is 4.73. The van der Waals surface area contributed by atoms with Crippen LogP contribution in [0, 0.1) is 5.82 Å². The first kappa shape index (κ1) is 11.7. The maximum Gasteiger partial charge on any atom is 0.164 e. The molecule has 0 radical (unpaired) electrons. The highest BCUT2D eigenvalue weighted by Crippen LogP contribution is 2.19. The lowest BCUT2D eigenvalue weighted by molar-refractivity contribution is 0.101. The van der Waals surface area contributed by atoms with Crippen molar-refractivity contribution >= 4 is 11.5 Å². The van der Waals surface area contributed by atoms with Crippen molar-refractivity contribution in [3.8, 4) is 0 Å². The molecule has 1 aromatic carbocycles. The van der Waals surface area contributed by atoms with E-state index < -0.39 is 11.9 Å². The summed E-state index contributed by atoms with van der Waals surface area (Å²) in [5, 5.41) is 11.9. The van der Waals surface area contributed by atoms with Gasteiger partial charge in [-0.25, -0.2) is 4.39 Å². The molecule has 0 aliphatic carbocycles. The van der Waals surface area contributed by atoms with Gasteiger partial charge in [-0.1, -0.05) is 6.07 Å². The van der Waals surface area contributed by atoms with Gasteiger partial charge in [0, 0.05) is 12.2 Å². The lowest BCUT2D eigenvalue weighted by Crippen LogP contribution is -2.17. The third kappa shape index (κ3) is 3.02. The van der Waals surface area contributed by atoms with E-state index in [1.54, 1.807) is 13.0 Å². The zero-order valence-corrected chi connectivity index (χ0v) is 8.75. The van der Waals surface area contributed by atoms with E-state index in [1.807, 2.05) is 0 Å². The summed E-state index contributed by atoms with van der Waals surface area (Å²) in [4.78, 5) is 11.2.